The molecule has 196 valence electrons. The summed E-state index contributed by atoms with van der Waals surface area (Å²) in [6.07, 6.45) is 4.97. The van der Waals surface area contributed by atoms with Gasteiger partial charge in [-0.25, -0.2) is 0 Å². The van der Waals surface area contributed by atoms with Crippen molar-refractivity contribution in [2.45, 2.75) is 40.0 Å². The minimum Gasteiger partial charge on any atom is -0.383 e. The zero-order valence-corrected chi connectivity index (χ0v) is 22.1. The van der Waals surface area contributed by atoms with E-state index < -0.39 is 0 Å². The zero-order valence-electron chi connectivity index (χ0n) is 22.1. The fourth-order valence-corrected chi connectivity index (χ4v) is 4.62. The van der Waals surface area contributed by atoms with E-state index >= 15 is 0 Å². The highest BCUT2D eigenvalue weighted by atomic mass is 16.5. The molecule has 2 aromatic heterocycles. The van der Waals surface area contributed by atoms with E-state index in [4.69, 9.17) is 4.74 Å². The third-order valence-corrected chi connectivity index (χ3v) is 6.51. The van der Waals surface area contributed by atoms with Gasteiger partial charge in [-0.1, -0.05) is 32.9 Å². The van der Waals surface area contributed by atoms with Crippen LogP contribution in [0.3, 0.4) is 0 Å². The topological polar surface area (TPSA) is 112 Å². The monoisotopic (exact) mass is 504 g/mol. The first-order valence-electron chi connectivity index (χ1n) is 12.8. The second-order valence-corrected chi connectivity index (χ2v) is 10.8. The number of hydrogen-bond acceptors (Lipinski definition) is 8. The summed E-state index contributed by atoms with van der Waals surface area (Å²) in [6, 6.07) is 11.5. The molecule has 1 amide bonds. The van der Waals surface area contributed by atoms with Gasteiger partial charge in [0.25, 0.3) is 5.91 Å². The number of aromatic nitrogens is 4. The van der Waals surface area contributed by atoms with Gasteiger partial charge in [0, 0.05) is 31.8 Å². The van der Waals surface area contributed by atoms with Gasteiger partial charge in [-0.3, -0.25) is 15.2 Å². The van der Waals surface area contributed by atoms with Crippen molar-refractivity contribution in [3.05, 3.63) is 53.5 Å². The van der Waals surface area contributed by atoms with E-state index in [1.165, 1.54) is 22.9 Å². The van der Waals surface area contributed by atoms with Crippen molar-refractivity contribution in [3.8, 4) is 6.07 Å². The number of amides is 1. The molecule has 0 unspecified atom stereocenters. The third kappa shape index (κ3) is 7.02. The van der Waals surface area contributed by atoms with Crippen LogP contribution in [0.25, 0.3) is 5.65 Å². The minimum absolute atomic E-state index is 0.0186. The number of nitrogens with one attached hydrogen (secondary N) is 1. The molecule has 1 saturated heterocycles. The van der Waals surface area contributed by atoms with Crippen LogP contribution in [0, 0.1) is 22.7 Å². The molecule has 4 rings (SSSR count). The standard InChI is InChI=1S/C27H36N8O2/c1-27(2,3)19-34(26-31-23(18-28)30-24-9-12-29-35(24)26)32-25(36)22-7-5-20(6-8-22)17-21-10-13-33(14-11-21)15-16-37-4/h5-9,12,21H,10-11,13-17,19H2,1-4H3,(H,32,36). The van der Waals surface area contributed by atoms with Crippen LogP contribution >= 0.6 is 0 Å². The Kier molecular flexibility index (Phi) is 8.36. The Morgan fingerprint density at radius 3 is 2.57 bits per heavy atom. The van der Waals surface area contributed by atoms with E-state index in [-0.39, 0.29) is 17.1 Å². The van der Waals surface area contributed by atoms with E-state index in [1.807, 2.05) is 30.3 Å². The Morgan fingerprint density at radius 1 is 1.19 bits per heavy atom. The summed E-state index contributed by atoms with van der Waals surface area (Å²) >= 11 is 0. The molecule has 37 heavy (non-hydrogen) atoms. The summed E-state index contributed by atoms with van der Waals surface area (Å²) in [5, 5.41) is 15.3. The van der Waals surface area contributed by atoms with Gasteiger partial charge < -0.3 is 9.64 Å². The number of carbonyl (C=O) groups is 1. The molecule has 0 saturated carbocycles. The van der Waals surface area contributed by atoms with Crippen LogP contribution < -0.4 is 10.4 Å². The summed E-state index contributed by atoms with van der Waals surface area (Å²) in [5.41, 5.74) is 5.10. The van der Waals surface area contributed by atoms with Crippen molar-refractivity contribution >= 4 is 17.5 Å². The maximum atomic E-state index is 13.3. The maximum absolute atomic E-state index is 13.3. The number of nitrogens with zero attached hydrogens (tertiary/aromatic N) is 7. The van der Waals surface area contributed by atoms with E-state index in [2.05, 4.69) is 46.2 Å². The summed E-state index contributed by atoms with van der Waals surface area (Å²) in [5.74, 6) is 0.761. The van der Waals surface area contributed by atoms with E-state index in [0.29, 0.717) is 29.6 Å². The molecular weight excluding hydrogens is 468 g/mol. The smallest absolute Gasteiger partial charge is 0.269 e. The lowest BCUT2D eigenvalue weighted by atomic mass is 9.90. The van der Waals surface area contributed by atoms with Crippen molar-refractivity contribution in [1.29, 1.82) is 5.26 Å². The predicted molar refractivity (Wildman–Crippen MR) is 141 cm³/mol. The average Bonchev–Trinajstić information content (AvgIpc) is 3.35. The minimum atomic E-state index is -0.250. The molecule has 0 radical (unpaired) electrons. The van der Waals surface area contributed by atoms with E-state index in [1.54, 1.807) is 24.4 Å². The molecule has 3 aromatic rings. The summed E-state index contributed by atoms with van der Waals surface area (Å²) in [4.78, 5) is 24.3. The number of rotatable bonds is 9. The fourth-order valence-electron chi connectivity index (χ4n) is 4.62. The molecule has 0 atom stereocenters. The SMILES string of the molecule is COCCN1CCC(Cc2ccc(C(=O)NN(CC(C)(C)C)c3nc(C#N)nc4ccnn34)cc2)CC1. The van der Waals surface area contributed by atoms with Crippen LogP contribution in [0.2, 0.25) is 0 Å². The largest absolute Gasteiger partial charge is 0.383 e. The second kappa shape index (κ2) is 11.7. The lowest BCUT2D eigenvalue weighted by Gasteiger charge is -2.31. The number of hydrogen-bond donors (Lipinski definition) is 1. The highest BCUT2D eigenvalue weighted by Crippen LogP contribution is 2.23. The molecule has 1 fully saturated rings. The fraction of sp³-hybridized carbons (Fsp3) is 0.519. The first kappa shape index (κ1) is 26.5. The van der Waals surface area contributed by atoms with Gasteiger partial charge in [-0.2, -0.15) is 24.8 Å². The molecule has 10 heteroatoms. The number of methoxy groups -OCH3 is 1. The number of anilines is 1. The molecule has 0 spiro atoms. The Hall–Kier alpha value is -3.55. The Bertz CT molecular complexity index is 1230. The van der Waals surface area contributed by atoms with Crippen LogP contribution in [-0.2, 0) is 11.2 Å². The first-order valence-corrected chi connectivity index (χ1v) is 12.8. The Morgan fingerprint density at radius 2 is 1.92 bits per heavy atom. The summed E-state index contributed by atoms with van der Waals surface area (Å²) < 4.78 is 6.72. The zero-order chi connectivity index (χ0) is 26.4. The van der Waals surface area contributed by atoms with Gasteiger partial charge >= 0.3 is 0 Å². The van der Waals surface area contributed by atoms with Gasteiger partial charge in [-0.05, 0) is 61.4 Å². The third-order valence-electron chi connectivity index (χ3n) is 6.51. The van der Waals surface area contributed by atoms with E-state index in [9.17, 15) is 10.1 Å². The molecule has 0 aliphatic carbocycles. The molecule has 3 heterocycles. The van der Waals surface area contributed by atoms with Crippen LogP contribution in [0.4, 0.5) is 5.95 Å². The average molecular weight is 505 g/mol. The van der Waals surface area contributed by atoms with Crippen molar-refractivity contribution in [2.75, 3.05) is 44.9 Å². The molecular formula is C27H36N8O2. The molecule has 1 aliphatic rings. The predicted octanol–water partition coefficient (Wildman–Crippen LogP) is 3.09. The van der Waals surface area contributed by atoms with E-state index in [0.717, 1.165) is 32.7 Å². The molecule has 1 aliphatic heterocycles. The molecule has 1 aromatic carbocycles. The lowest BCUT2D eigenvalue weighted by molar-refractivity contribution is 0.0944. The maximum Gasteiger partial charge on any atom is 0.269 e. The lowest BCUT2D eigenvalue weighted by Crippen LogP contribution is -2.48. The highest BCUT2D eigenvalue weighted by molar-refractivity contribution is 5.95. The molecule has 0 bridgehead atoms. The van der Waals surface area contributed by atoms with Crippen LogP contribution in [-0.4, -0.2) is 70.3 Å². The van der Waals surface area contributed by atoms with Crippen molar-refractivity contribution < 1.29 is 9.53 Å². The first-order chi connectivity index (χ1) is 17.8. The van der Waals surface area contributed by atoms with Crippen molar-refractivity contribution in [2.24, 2.45) is 11.3 Å². The van der Waals surface area contributed by atoms with Gasteiger partial charge in [0.15, 0.2) is 5.65 Å². The number of hydrazine groups is 1. The van der Waals surface area contributed by atoms with Crippen LogP contribution in [0.1, 0.15) is 55.4 Å². The normalized spacial score (nSPS) is 15.0. The van der Waals surface area contributed by atoms with Crippen molar-refractivity contribution in [1.82, 2.24) is 29.9 Å². The van der Waals surface area contributed by atoms with Gasteiger partial charge in [0.1, 0.15) is 6.07 Å². The number of likely N-dealkylation sites (tertiary alicyclic amines) is 1. The summed E-state index contributed by atoms with van der Waals surface area (Å²) in [7, 11) is 1.75. The summed E-state index contributed by atoms with van der Waals surface area (Å²) in [6.45, 7) is 10.6. The molecule has 1 N–H and O–H groups in total. The second-order valence-electron chi connectivity index (χ2n) is 10.8. The van der Waals surface area contributed by atoms with Crippen LogP contribution in [0.15, 0.2) is 36.5 Å². The van der Waals surface area contributed by atoms with Gasteiger partial charge in [0.05, 0.1) is 12.8 Å². The number of fused-ring (bicyclic) bond motifs is 1. The van der Waals surface area contributed by atoms with Crippen LogP contribution in [0.5, 0.6) is 0 Å². The highest BCUT2D eigenvalue weighted by Gasteiger charge is 2.24. The number of benzene rings is 1. The van der Waals surface area contributed by atoms with Gasteiger partial charge in [0.2, 0.25) is 11.8 Å². The Balaban J connectivity index is 1.44. The number of carbonyl (C=O) groups excluding carboxylic acids is 1. The number of piperidine rings is 1. The molecule has 10 nitrogen and oxygen atoms in total. The van der Waals surface area contributed by atoms with Crippen molar-refractivity contribution in [3.63, 3.8) is 0 Å². The quantitative estimate of drug-likeness (QED) is 0.443. The number of nitriles is 1. The number of ether oxygens (including phenoxy) is 1. The van der Waals surface area contributed by atoms with Gasteiger partial charge in [-0.15, -0.1) is 0 Å². The Labute approximate surface area is 218 Å².